The van der Waals surface area contributed by atoms with Gasteiger partial charge in [-0.3, -0.25) is 54.5 Å². The van der Waals surface area contributed by atoms with Crippen LogP contribution in [0.5, 0.6) is 5.06 Å². The molecular formula is C46H45Cl3N6O11S4. The zero-order valence-electron chi connectivity index (χ0n) is 37.1. The maximum Gasteiger partial charge on any atom is 0.299 e. The predicted molar refractivity (Wildman–Crippen MR) is 275 cm³/mol. The molecule has 6 saturated heterocycles. The molecule has 2 atom stereocenters. The van der Waals surface area contributed by atoms with E-state index in [-0.39, 0.29) is 27.8 Å². The van der Waals surface area contributed by atoms with Gasteiger partial charge in [-0.15, -0.1) is 22.7 Å². The van der Waals surface area contributed by atoms with Crippen molar-refractivity contribution in [1.82, 2.24) is 9.80 Å². The number of benzene rings is 3. The van der Waals surface area contributed by atoms with Gasteiger partial charge in [0.2, 0.25) is 9.23 Å². The number of nitrogens with zero attached hydrogens (tertiary/aromatic N) is 5. The number of thiophene rings is 3. The number of nitro groups is 3. The molecule has 24 heteroatoms. The molecule has 14 rings (SSSR count). The number of Topliss-reactive ketones (excluding diaryl/α,β-unsaturated/α-hetero) is 1. The summed E-state index contributed by atoms with van der Waals surface area (Å²) in [4.78, 5) is 71.0. The van der Waals surface area contributed by atoms with Crippen molar-refractivity contribution in [2.45, 2.75) is 74.9 Å². The SMILES string of the molecule is NC1C2CCN(CC2)C12CC2.O=C(CC1C2CCN(CC2)C12CC2)c1cc2ccc([N+](=O)[O-])cc2s1.O=C(Cl)c1cc2ccc([N+](=O)[O-])cc2s1.O=COc1cc2ccc([N+](=O)[O-])cc2s1.O=S(Cl)Cl. The van der Waals surface area contributed by atoms with Gasteiger partial charge < -0.3 is 10.5 Å². The first-order valence-electron chi connectivity index (χ1n) is 22.3. The van der Waals surface area contributed by atoms with Crippen molar-refractivity contribution in [2.75, 3.05) is 26.2 Å². The van der Waals surface area contributed by atoms with E-state index >= 15 is 0 Å². The molecule has 0 radical (unpaired) electrons. The molecule has 8 aliphatic rings. The van der Waals surface area contributed by atoms with E-state index in [0.29, 0.717) is 56.5 Å². The van der Waals surface area contributed by atoms with E-state index in [1.54, 1.807) is 36.4 Å². The van der Waals surface area contributed by atoms with E-state index in [4.69, 9.17) is 21.5 Å². The summed E-state index contributed by atoms with van der Waals surface area (Å²) in [6, 6.07) is 19.5. The molecular weight excluding hydrogens is 1050 g/mol. The van der Waals surface area contributed by atoms with Crippen LogP contribution in [0.3, 0.4) is 0 Å². The van der Waals surface area contributed by atoms with Crippen LogP contribution in [-0.4, -0.2) is 89.6 Å². The molecule has 3 aromatic heterocycles. The van der Waals surface area contributed by atoms with Crippen molar-refractivity contribution in [1.29, 1.82) is 0 Å². The molecule has 370 valence electrons. The number of ketones is 1. The van der Waals surface area contributed by atoms with E-state index in [2.05, 4.69) is 35.9 Å². The maximum atomic E-state index is 13.0. The van der Waals surface area contributed by atoms with Crippen LogP contribution in [0.25, 0.3) is 30.3 Å². The third-order valence-electron chi connectivity index (χ3n) is 14.4. The van der Waals surface area contributed by atoms with Crippen LogP contribution in [0.1, 0.15) is 77.1 Å². The minimum Gasteiger partial charge on any atom is -0.418 e. The monoisotopic (exact) mass is 1090 g/mol. The van der Waals surface area contributed by atoms with Crippen LogP contribution in [0.15, 0.2) is 72.8 Å². The van der Waals surface area contributed by atoms with Gasteiger partial charge in [0.05, 0.1) is 24.5 Å². The van der Waals surface area contributed by atoms with Crippen molar-refractivity contribution >= 4 is 141 Å². The lowest BCUT2D eigenvalue weighted by Crippen LogP contribution is -2.63. The van der Waals surface area contributed by atoms with Crippen LogP contribution in [0, 0.1) is 48.1 Å². The molecule has 6 aromatic rings. The van der Waals surface area contributed by atoms with Crippen LogP contribution >= 0.6 is 67.0 Å². The first-order chi connectivity index (χ1) is 33.4. The summed E-state index contributed by atoms with van der Waals surface area (Å²) >= 11 is 9.06. The van der Waals surface area contributed by atoms with Gasteiger partial charge in [0.1, 0.15) is 0 Å². The van der Waals surface area contributed by atoms with Gasteiger partial charge >= 0.3 is 0 Å². The smallest absolute Gasteiger partial charge is 0.299 e. The molecule has 6 aliphatic heterocycles. The van der Waals surface area contributed by atoms with Crippen molar-refractivity contribution < 1.29 is 38.1 Å². The van der Waals surface area contributed by atoms with Crippen molar-refractivity contribution in [3.63, 3.8) is 0 Å². The second-order valence-electron chi connectivity index (χ2n) is 18.0. The average Bonchev–Trinajstić information content (AvgIpc) is 4.14. The molecule has 17 nitrogen and oxygen atoms in total. The first kappa shape index (κ1) is 51.8. The minimum atomic E-state index is -1.67. The lowest BCUT2D eigenvalue weighted by atomic mass is 9.70. The summed E-state index contributed by atoms with van der Waals surface area (Å²) in [6.45, 7) is 5.42. The Balaban J connectivity index is 0.000000128. The molecule has 3 aromatic carbocycles. The number of rotatable bonds is 9. The fraction of sp³-hybridized carbons (Fsp3) is 0.413. The van der Waals surface area contributed by atoms with Crippen LogP contribution < -0.4 is 10.5 Å². The fourth-order valence-corrected chi connectivity index (χ4v) is 13.8. The average molecular weight is 1090 g/mol. The number of carbonyl (C=O) groups excluding carboxylic acids is 3. The highest BCUT2D eigenvalue weighted by Crippen LogP contribution is 2.59. The quantitative estimate of drug-likeness (QED) is 0.0466. The summed E-state index contributed by atoms with van der Waals surface area (Å²) in [5, 5.41) is 34.4. The van der Waals surface area contributed by atoms with Gasteiger partial charge in [0.25, 0.3) is 28.8 Å². The second-order valence-corrected chi connectivity index (χ2v) is 24.1. The van der Waals surface area contributed by atoms with Gasteiger partial charge in [-0.2, -0.15) is 0 Å². The molecule has 2 N–H and O–H groups in total. The predicted octanol–water partition coefficient (Wildman–Crippen LogP) is 11.4. The van der Waals surface area contributed by atoms with Crippen LogP contribution in [0.4, 0.5) is 17.1 Å². The summed E-state index contributed by atoms with van der Waals surface area (Å²) in [7, 11) is 7.36. The van der Waals surface area contributed by atoms with Gasteiger partial charge in [-0.05, 0) is 153 Å². The van der Waals surface area contributed by atoms with Crippen molar-refractivity contribution in [3.05, 3.63) is 113 Å². The lowest BCUT2D eigenvalue weighted by Gasteiger charge is -2.52. The lowest BCUT2D eigenvalue weighted by molar-refractivity contribution is -0.384. The number of nitro benzene ring substituents is 3. The van der Waals surface area contributed by atoms with Crippen LogP contribution in [-0.2, 0) is 14.0 Å². The number of hydrogen-bond acceptors (Lipinski definition) is 17. The van der Waals surface area contributed by atoms with E-state index in [1.165, 1.54) is 131 Å². The number of hydrogen-bond donors (Lipinski definition) is 1. The Morgan fingerprint density at radius 3 is 1.51 bits per heavy atom. The number of non-ortho nitro benzene ring substituents is 3. The van der Waals surface area contributed by atoms with Crippen LogP contribution in [0.2, 0.25) is 0 Å². The Morgan fingerprint density at radius 2 is 1.10 bits per heavy atom. The Bertz CT molecular complexity index is 2990. The largest absolute Gasteiger partial charge is 0.418 e. The number of ether oxygens (including phenoxy) is 1. The second kappa shape index (κ2) is 21.7. The third-order valence-corrected chi connectivity index (χ3v) is 17.9. The molecule has 2 saturated carbocycles. The molecule has 0 amide bonds. The van der Waals surface area contributed by atoms with Gasteiger partial charge in [0, 0.05) is 101 Å². The Kier molecular flexibility index (Phi) is 16.0. The Hall–Kier alpha value is -4.55. The Labute approximate surface area is 428 Å². The third kappa shape index (κ3) is 11.4. The van der Waals surface area contributed by atoms with Gasteiger partial charge in [0.15, 0.2) is 10.8 Å². The van der Waals surface area contributed by atoms with Gasteiger partial charge in [-0.1, -0.05) is 11.3 Å². The zero-order chi connectivity index (χ0) is 50.1. The standard InChI is InChI=1S/C19H20N2O3S.C9H4ClNO3S.C9H16N2.C9H5NO4S.Cl2OS/c22-16(11-15-12-3-7-20(8-4-12)19(15)5-6-19)18-9-13-1-2-14(21(23)24)10-17(13)25-18;10-9(12)8-3-5-1-2-6(11(13)14)4-7(5)15-8;10-8-7-1-5-11(6-2-7)9(8)3-4-9;11-5-14-9-3-6-1-2-7(10(12)13)4-8(6)15-9;1-4(2)3/h1-2,9-10,12,15H,3-8,11H2;1-4H;7-8H,1-6,10H2;1-5H;. The number of carbonyl (C=O) groups is 3. The van der Waals surface area contributed by atoms with Crippen molar-refractivity contribution in [3.8, 4) is 5.06 Å². The topological polar surface area (TPSA) is 239 Å². The summed E-state index contributed by atoms with van der Waals surface area (Å²) in [5.74, 6) is 2.28. The zero-order valence-corrected chi connectivity index (χ0v) is 42.6. The van der Waals surface area contributed by atoms with E-state index in [1.807, 2.05) is 6.07 Å². The van der Waals surface area contributed by atoms with Crippen molar-refractivity contribution in [2.24, 2.45) is 23.5 Å². The molecule has 9 heterocycles. The molecule has 2 aliphatic carbocycles. The number of fused-ring (bicyclic) bond motifs is 7. The molecule has 4 bridgehead atoms. The normalized spacial score (nSPS) is 23.4. The van der Waals surface area contributed by atoms with E-state index < -0.39 is 24.3 Å². The Morgan fingerprint density at radius 1 is 0.686 bits per heavy atom. The minimum absolute atomic E-state index is 0.0120. The van der Waals surface area contributed by atoms with E-state index in [9.17, 15) is 44.7 Å². The highest BCUT2D eigenvalue weighted by atomic mass is 36.0. The number of halogens is 3. The molecule has 8 fully saturated rings. The summed E-state index contributed by atoms with van der Waals surface area (Å²) < 4.78 is 16.0. The summed E-state index contributed by atoms with van der Waals surface area (Å²) in [5.41, 5.74) is 7.19. The number of nitrogens with two attached hydrogens (primary N) is 1. The molecule has 70 heavy (non-hydrogen) atoms. The van der Waals surface area contributed by atoms with Gasteiger partial charge in [-0.25, -0.2) is 4.21 Å². The molecule has 2 spiro atoms. The summed E-state index contributed by atoms with van der Waals surface area (Å²) in [6.07, 6.45) is 11.1. The number of piperidine rings is 6. The fourth-order valence-electron chi connectivity index (χ4n) is 10.7. The molecule has 2 unspecified atom stereocenters. The first-order valence-corrected chi connectivity index (χ1v) is 27.9. The highest BCUT2D eigenvalue weighted by molar-refractivity contribution is 8.26. The highest BCUT2D eigenvalue weighted by Gasteiger charge is 2.60. The maximum absolute atomic E-state index is 13.0. The van der Waals surface area contributed by atoms with E-state index in [0.717, 1.165) is 47.7 Å².